The first-order valence-electron chi connectivity index (χ1n) is 5.97. The van der Waals surface area contributed by atoms with Crippen LogP contribution in [-0.2, 0) is 0 Å². The van der Waals surface area contributed by atoms with Crippen LogP contribution in [0.2, 0.25) is 0 Å². The highest BCUT2D eigenvalue weighted by molar-refractivity contribution is 6.00. The number of hydrogen-bond donors (Lipinski definition) is 0. The number of aldehydes is 1. The number of carbonyl (C=O) groups excluding carboxylic acids is 1. The van der Waals surface area contributed by atoms with Gasteiger partial charge in [0.05, 0.1) is 5.56 Å². The zero-order chi connectivity index (χ0) is 13.0. The van der Waals surface area contributed by atoms with Gasteiger partial charge < -0.3 is 9.64 Å². The first-order valence-corrected chi connectivity index (χ1v) is 5.97. The molecule has 18 heavy (non-hydrogen) atoms. The second-order valence-corrected chi connectivity index (χ2v) is 4.47. The lowest BCUT2D eigenvalue weighted by atomic mass is 10.0. The molecule has 2 aromatic carbocycles. The molecule has 0 saturated heterocycles. The molecule has 0 heterocycles. The summed E-state index contributed by atoms with van der Waals surface area (Å²) in [7, 11) is 3.98. The summed E-state index contributed by atoms with van der Waals surface area (Å²) in [4.78, 5) is 13.3. The van der Waals surface area contributed by atoms with Crippen LogP contribution in [0.15, 0.2) is 36.4 Å². The summed E-state index contributed by atoms with van der Waals surface area (Å²) in [6, 6.07) is 11.7. The van der Waals surface area contributed by atoms with Gasteiger partial charge in [-0.25, -0.2) is 0 Å². The van der Waals surface area contributed by atoms with Crippen molar-refractivity contribution in [1.29, 1.82) is 0 Å². The molecule has 0 unspecified atom stereocenters. The molecule has 0 aliphatic carbocycles. The smallest absolute Gasteiger partial charge is 0.154 e. The highest BCUT2D eigenvalue weighted by atomic mass is 16.5. The van der Waals surface area contributed by atoms with Crippen molar-refractivity contribution in [2.45, 2.75) is 0 Å². The normalized spacial score (nSPS) is 10.8. The average molecular weight is 243 g/mol. The van der Waals surface area contributed by atoms with Crippen molar-refractivity contribution in [3.05, 3.63) is 42.0 Å². The fourth-order valence-corrected chi connectivity index (χ4v) is 1.86. The Morgan fingerprint density at radius 3 is 2.67 bits per heavy atom. The maximum absolute atomic E-state index is 11.2. The topological polar surface area (TPSA) is 29.5 Å². The molecule has 2 rings (SSSR count). The molecule has 0 spiro atoms. The molecule has 0 aromatic heterocycles. The van der Waals surface area contributed by atoms with Gasteiger partial charge in [0.15, 0.2) is 6.29 Å². The lowest BCUT2D eigenvalue weighted by Crippen LogP contribution is -2.19. The Labute approximate surface area is 107 Å². The van der Waals surface area contributed by atoms with Gasteiger partial charge in [0, 0.05) is 6.54 Å². The number of carbonyl (C=O) groups is 1. The molecular formula is C15H17NO2. The van der Waals surface area contributed by atoms with E-state index in [1.54, 1.807) is 0 Å². The lowest BCUT2D eigenvalue weighted by Gasteiger charge is -2.13. The van der Waals surface area contributed by atoms with E-state index in [1.807, 2.05) is 55.4 Å². The van der Waals surface area contributed by atoms with Gasteiger partial charge in [-0.3, -0.25) is 4.79 Å². The largest absolute Gasteiger partial charge is 0.491 e. The van der Waals surface area contributed by atoms with E-state index in [2.05, 4.69) is 0 Å². The predicted molar refractivity (Wildman–Crippen MR) is 73.4 cm³/mol. The van der Waals surface area contributed by atoms with Crippen molar-refractivity contribution in [1.82, 2.24) is 4.90 Å². The fraction of sp³-hybridized carbons (Fsp3) is 0.267. The van der Waals surface area contributed by atoms with E-state index >= 15 is 0 Å². The Balaban J connectivity index is 2.30. The third-order valence-electron chi connectivity index (χ3n) is 2.84. The Bertz CT molecular complexity index is 549. The molecule has 0 aliphatic rings. The highest BCUT2D eigenvalue weighted by Gasteiger charge is 2.07. The second-order valence-electron chi connectivity index (χ2n) is 4.47. The second kappa shape index (κ2) is 5.65. The summed E-state index contributed by atoms with van der Waals surface area (Å²) in [6.45, 7) is 1.40. The van der Waals surface area contributed by atoms with E-state index in [0.717, 1.165) is 23.6 Å². The number of likely N-dealkylation sites (N-methyl/N-ethyl adjacent to an activating group) is 1. The molecule has 0 amide bonds. The van der Waals surface area contributed by atoms with Crippen LogP contribution in [0.25, 0.3) is 10.8 Å². The van der Waals surface area contributed by atoms with Gasteiger partial charge in [-0.15, -0.1) is 0 Å². The van der Waals surface area contributed by atoms with Gasteiger partial charge in [0.1, 0.15) is 12.4 Å². The van der Waals surface area contributed by atoms with Crippen molar-refractivity contribution in [3.8, 4) is 5.75 Å². The molecule has 0 saturated carbocycles. The average Bonchev–Trinajstić information content (AvgIpc) is 2.38. The van der Waals surface area contributed by atoms with Gasteiger partial charge in [-0.05, 0) is 30.9 Å². The molecule has 2 aromatic rings. The van der Waals surface area contributed by atoms with E-state index in [-0.39, 0.29) is 0 Å². The minimum absolute atomic E-state index is 0.576. The SMILES string of the molecule is CN(C)CCOc1ccc2ccccc2c1C=O. The van der Waals surface area contributed by atoms with Crippen LogP contribution in [-0.4, -0.2) is 38.4 Å². The van der Waals surface area contributed by atoms with Crippen molar-refractivity contribution in [2.75, 3.05) is 27.2 Å². The molecule has 0 aliphatic heterocycles. The van der Waals surface area contributed by atoms with Gasteiger partial charge in [0.2, 0.25) is 0 Å². The molecule has 94 valence electrons. The standard InChI is InChI=1S/C15H17NO2/c1-16(2)9-10-18-15-8-7-12-5-3-4-6-13(12)14(15)11-17/h3-8,11H,9-10H2,1-2H3. The molecule has 0 atom stereocenters. The van der Waals surface area contributed by atoms with Gasteiger partial charge >= 0.3 is 0 Å². The molecular weight excluding hydrogens is 226 g/mol. The number of fused-ring (bicyclic) bond motifs is 1. The first kappa shape index (κ1) is 12.6. The monoisotopic (exact) mass is 243 g/mol. The lowest BCUT2D eigenvalue weighted by molar-refractivity contribution is 0.112. The Morgan fingerprint density at radius 1 is 1.17 bits per heavy atom. The van der Waals surface area contributed by atoms with Crippen LogP contribution >= 0.6 is 0 Å². The fourth-order valence-electron chi connectivity index (χ4n) is 1.86. The molecule has 0 fully saturated rings. The Morgan fingerprint density at radius 2 is 1.94 bits per heavy atom. The molecule has 3 nitrogen and oxygen atoms in total. The Hall–Kier alpha value is -1.87. The highest BCUT2D eigenvalue weighted by Crippen LogP contribution is 2.26. The minimum atomic E-state index is 0.576. The summed E-state index contributed by atoms with van der Waals surface area (Å²) in [6.07, 6.45) is 0.868. The first-order chi connectivity index (χ1) is 8.72. The van der Waals surface area contributed by atoms with Crippen LogP contribution in [0, 0.1) is 0 Å². The third kappa shape index (κ3) is 2.68. The summed E-state index contributed by atoms with van der Waals surface area (Å²) < 4.78 is 5.67. The van der Waals surface area contributed by atoms with Crippen molar-refractivity contribution < 1.29 is 9.53 Å². The number of benzene rings is 2. The summed E-state index contributed by atoms with van der Waals surface area (Å²) >= 11 is 0. The maximum atomic E-state index is 11.2. The van der Waals surface area contributed by atoms with E-state index in [9.17, 15) is 4.79 Å². The predicted octanol–water partition coefficient (Wildman–Crippen LogP) is 2.59. The Kier molecular flexibility index (Phi) is 3.95. The van der Waals surface area contributed by atoms with Crippen LogP contribution in [0.1, 0.15) is 10.4 Å². The number of hydrogen-bond acceptors (Lipinski definition) is 3. The van der Waals surface area contributed by atoms with E-state index in [1.165, 1.54) is 0 Å². The van der Waals surface area contributed by atoms with E-state index in [4.69, 9.17) is 4.74 Å². The number of ether oxygens (including phenoxy) is 1. The molecule has 0 radical (unpaired) electrons. The number of nitrogens with zero attached hydrogens (tertiary/aromatic N) is 1. The van der Waals surface area contributed by atoms with E-state index in [0.29, 0.717) is 17.9 Å². The zero-order valence-electron chi connectivity index (χ0n) is 10.7. The molecule has 3 heteroatoms. The summed E-state index contributed by atoms with van der Waals surface area (Å²) in [5, 5.41) is 1.99. The van der Waals surface area contributed by atoms with Gasteiger partial charge in [-0.2, -0.15) is 0 Å². The molecule has 0 bridgehead atoms. The van der Waals surface area contributed by atoms with Crippen molar-refractivity contribution in [3.63, 3.8) is 0 Å². The maximum Gasteiger partial charge on any atom is 0.154 e. The number of rotatable bonds is 5. The quantitative estimate of drug-likeness (QED) is 0.756. The summed E-state index contributed by atoms with van der Waals surface area (Å²) in [5.74, 6) is 0.658. The van der Waals surface area contributed by atoms with Gasteiger partial charge in [0.25, 0.3) is 0 Å². The molecule has 0 N–H and O–H groups in total. The van der Waals surface area contributed by atoms with Crippen LogP contribution in [0.5, 0.6) is 5.75 Å². The van der Waals surface area contributed by atoms with Crippen LogP contribution in [0.3, 0.4) is 0 Å². The minimum Gasteiger partial charge on any atom is -0.491 e. The van der Waals surface area contributed by atoms with Crippen molar-refractivity contribution in [2.24, 2.45) is 0 Å². The van der Waals surface area contributed by atoms with Gasteiger partial charge in [-0.1, -0.05) is 30.3 Å². The van der Waals surface area contributed by atoms with Crippen molar-refractivity contribution >= 4 is 17.1 Å². The zero-order valence-corrected chi connectivity index (χ0v) is 10.7. The van der Waals surface area contributed by atoms with Crippen LogP contribution in [0.4, 0.5) is 0 Å². The van der Waals surface area contributed by atoms with E-state index < -0.39 is 0 Å². The summed E-state index contributed by atoms with van der Waals surface area (Å²) in [5.41, 5.74) is 0.631. The van der Waals surface area contributed by atoms with Crippen LogP contribution < -0.4 is 4.74 Å². The third-order valence-corrected chi connectivity index (χ3v) is 2.84.